The van der Waals surface area contributed by atoms with Crippen molar-refractivity contribution in [1.82, 2.24) is 10.3 Å². The van der Waals surface area contributed by atoms with Gasteiger partial charge in [-0.1, -0.05) is 17.7 Å². The fraction of sp³-hybridized carbons (Fsp3) is 0.167. The number of fused-ring (bicyclic) bond motifs is 1. The molecule has 0 saturated carbocycles. The van der Waals surface area contributed by atoms with Gasteiger partial charge in [0.15, 0.2) is 11.5 Å². The van der Waals surface area contributed by atoms with Crippen molar-refractivity contribution in [3.63, 3.8) is 0 Å². The van der Waals surface area contributed by atoms with Crippen LogP contribution in [0.5, 0.6) is 11.5 Å². The maximum absolute atomic E-state index is 12.3. The zero-order chi connectivity index (χ0) is 17.1. The topological polar surface area (TPSA) is 63.3 Å². The Morgan fingerprint density at radius 2 is 1.88 bits per heavy atom. The average molecular weight is 345 g/mol. The van der Waals surface area contributed by atoms with Crippen LogP contribution in [0.1, 0.15) is 16.1 Å². The number of hydrogen-bond acceptors (Lipinski definition) is 3. The lowest BCUT2D eigenvalue weighted by Crippen LogP contribution is -2.23. The van der Waals surface area contributed by atoms with Gasteiger partial charge in [-0.3, -0.25) is 4.79 Å². The molecule has 2 aromatic carbocycles. The van der Waals surface area contributed by atoms with E-state index >= 15 is 0 Å². The molecule has 0 aliphatic heterocycles. The number of carbonyl (C=O) groups excluding carboxylic acids is 1. The molecule has 0 atom stereocenters. The molecule has 1 heterocycles. The fourth-order valence-electron chi connectivity index (χ4n) is 2.49. The van der Waals surface area contributed by atoms with Crippen LogP contribution in [0, 0.1) is 0 Å². The smallest absolute Gasteiger partial charge is 0.267 e. The van der Waals surface area contributed by atoms with Gasteiger partial charge in [-0.15, -0.1) is 0 Å². The number of benzene rings is 2. The van der Waals surface area contributed by atoms with Crippen molar-refractivity contribution in [2.45, 2.75) is 6.54 Å². The number of hydrogen-bond donors (Lipinski definition) is 2. The Hall–Kier alpha value is -2.66. The summed E-state index contributed by atoms with van der Waals surface area (Å²) in [5.41, 5.74) is 2.28. The van der Waals surface area contributed by atoms with E-state index in [0.717, 1.165) is 16.5 Å². The van der Waals surface area contributed by atoms with E-state index in [-0.39, 0.29) is 5.91 Å². The molecule has 24 heavy (non-hydrogen) atoms. The van der Waals surface area contributed by atoms with Crippen LogP contribution in [0.4, 0.5) is 0 Å². The number of H-pyrrole nitrogens is 1. The first-order chi connectivity index (χ1) is 11.6. The Kier molecular flexibility index (Phi) is 4.62. The van der Waals surface area contributed by atoms with E-state index in [9.17, 15) is 4.79 Å². The highest BCUT2D eigenvalue weighted by Crippen LogP contribution is 2.27. The molecule has 0 fully saturated rings. The van der Waals surface area contributed by atoms with Crippen LogP contribution in [-0.4, -0.2) is 25.1 Å². The number of nitrogens with one attached hydrogen (secondary N) is 2. The van der Waals surface area contributed by atoms with Crippen molar-refractivity contribution in [2.75, 3.05) is 14.2 Å². The molecular formula is C18H17ClN2O3. The number of aromatic nitrogens is 1. The molecule has 124 valence electrons. The second-order valence-corrected chi connectivity index (χ2v) is 5.72. The van der Waals surface area contributed by atoms with Gasteiger partial charge in [0.25, 0.3) is 5.91 Å². The monoisotopic (exact) mass is 344 g/mol. The molecular weight excluding hydrogens is 328 g/mol. The summed E-state index contributed by atoms with van der Waals surface area (Å²) in [4.78, 5) is 15.4. The van der Waals surface area contributed by atoms with Gasteiger partial charge in [-0.05, 0) is 42.0 Å². The van der Waals surface area contributed by atoms with E-state index in [1.54, 1.807) is 26.4 Å². The molecule has 0 aliphatic carbocycles. The maximum Gasteiger partial charge on any atom is 0.267 e. The Morgan fingerprint density at radius 3 is 2.62 bits per heavy atom. The van der Waals surface area contributed by atoms with Crippen molar-refractivity contribution in [3.8, 4) is 11.5 Å². The summed E-state index contributed by atoms with van der Waals surface area (Å²) in [5.74, 6) is 1.10. The zero-order valence-corrected chi connectivity index (χ0v) is 14.1. The van der Waals surface area contributed by atoms with Gasteiger partial charge in [0.1, 0.15) is 5.69 Å². The number of carbonyl (C=O) groups is 1. The number of ether oxygens (including phenoxy) is 2. The van der Waals surface area contributed by atoms with Crippen LogP contribution in [0.2, 0.25) is 5.02 Å². The molecule has 0 radical (unpaired) electrons. The molecule has 0 unspecified atom stereocenters. The van der Waals surface area contributed by atoms with E-state index in [2.05, 4.69) is 10.3 Å². The van der Waals surface area contributed by atoms with Crippen LogP contribution in [-0.2, 0) is 6.54 Å². The van der Waals surface area contributed by atoms with Crippen LogP contribution < -0.4 is 14.8 Å². The fourth-order valence-corrected chi connectivity index (χ4v) is 2.67. The third-order valence-electron chi connectivity index (χ3n) is 3.73. The molecule has 2 N–H and O–H groups in total. The average Bonchev–Trinajstić information content (AvgIpc) is 3.02. The summed E-state index contributed by atoms with van der Waals surface area (Å²) >= 11 is 5.97. The van der Waals surface area contributed by atoms with Crippen molar-refractivity contribution in [2.24, 2.45) is 0 Å². The predicted molar refractivity (Wildman–Crippen MR) is 94.0 cm³/mol. The van der Waals surface area contributed by atoms with Crippen LogP contribution >= 0.6 is 11.6 Å². The van der Waals surface area contributed by atoms with E-state index < -0.39 is 0 Å². The van der Waals surface area contributed by atoms with Crippen LogP contribution in [0.3, 0.4) is 0 Å². The van der Waals surface area contributed by atoms with Crippen molar-refractivity contribution >= 4 is 28.4 Å². The van der Waals surface area contributed by atoms with Crippen LogP contribution in [0.25, 0.3) is 10.9 Å². The summed E-state index contributed by atoms with van der Waals surface area (Å²) in [7, 11) is 3.16. The Bertz CT molecular complexity index is 889. The highest BCUT2D eigenvalue weighted by molar-refractivity contribution is 6.31. The Morgan fingerprint density at radius 1 is 1.08 bits per heavy atom. The second kappa shape index (κ2) is 6.84. The second-order valence-electron chi connectivity index (χ2n) is 5.29. The maximum atomic E-state index is 12.3. The summed E-state index contributed by atoms with van der Waals surface area (Å²) in [5, 5.41) is 4.42. The minimum atomic E-state index is -0.183. The Labute approximate surface area is 144 Å². The molecule has 0 spiro atoms. The highest BCUT2D eigenvalue weighted by atomic mass is 35.5. The van der Waals surface area contributed by atoms with E-state index in [0.29, 0.717) is 28.8 Å². The van der Waals surface area contributed by atoms with Crippen LogP contribution in [0.15, 0.2) is 42.5 Å². The molecule has 1 aromatic heterocycles. The SMILES string of the molecule is COc1ccc(CNC(=O)c2cc3cc(Cl)ccc3[nH]2)cc1OC. The molecule has 5 nitrogen and oxygen atoms in total. The highest BCUT2D eigenvalue weighted by Gasteiger charge is 2.10. The first-order valence-corrected chi connectivity index (χ1v) is 7.76. The molecule has 0 aliphatic rings. The van der Waals surface area contributed by atoms with Gasteiger partial charge in [0.2, 0.25) is 0 Å². The number of aromatic amines is 1. The molecule has 1 amide bonds. The summed E-state index contributed by atoms with van der Waals surface area (Å²) < 4.78 is 10.5. The number of methoxy groups -OCH3 is 2. The van der Waals surface area contributed by atoms with Crippen molar-refractivity contribution < 1.29 is 14.3 Å². The molecule has 6 heteroatoms. The van der Waals surface area contributed by atoms with Gasteiger partial charge in [0, 0.05) is 22.5 Å². The third kappa shape index (κ3) is 3.31. The lowest BCUT2D eigenvalue weighted by Gasteiger charge is -2.10. The summed E-state index contributed by atoms with van der Waals surface area (Å²) in [6, 6.07) is 12.8. The predicted octanol–water partition coefficient (Wildman–Crippen LogP) is 3.77. The quantitative estimate of drug-likeness (QED) is 0.740. The van der Waals surface area contributed by atoms with Gasteiger partial charge >= 0.3 is 0 Å². The zero-order valence-electron chi connectivity index (χ0n) is 13.4. The largest absolute Gasteiger partial charge is 0.493 e. The van der Waals surface area contributed by atoms with Gasteiger partial charge in [-0.2, -0.15) is 0 Å². The van der Waals surface area contributed by atoms with Crippen molar-refractivity contribution in [1.29, 1.82) is 0 Å². The number of halogens is 1. The number of amides is 1. The lowest BCUT2D eigenvalue weighted by molar-refractivity contribution is 0.0946. The minimum Gasteiger partial charge on any atom is -0.493 e. The summed E-state index contributed by atoms with van der Waals surface area (Å²) in [6.45, 7) is 0.384. The molecule has 3 aromatic rings. The minimum absolute atomic E-state index is 0.183. The van der Waals surface area contributed by atoms with E-state index in [1.165, 1.54) is 0 Å². The first-order valence-electron chi connectivity index (χ1n) is 7.38. The lowest BCUT2D eigenvalue weighted by atomic mass is 10.2. The normalized spacial score (nSPS) is 10.6. The van der Waals surface area contributed by atoms with Gasteiger partial charge in [-0.25, -0.2) is 0 Å². The van der Waals surface area contributed by atoms with Crippen molar-refractivity contribution in [3.05, 3.63) is 58.7 Å². The Balaban J connectivity index is 1.72. The third-order valence-corrected chi connectivity index (χ3v) is 3.96. The first kappa shape index (κ1) is 16.2. The molecule has 0 bridgehead atoms. The van der Waals surface area contributed by atoms with E-state index in [4.69, 9.17) is 21.1 Å². The van der Waals surface area contributed by atoms with Gasteiger partial charge in [0.05, 0.1) is 14.2 Å². The van der Waals surface area contributed by atoms with E-state index in [1.807, 2.05) is 30.3 Å². The standard InChI is InChI=1S/C18H17ClN2O3/c1-23-16-6-3-11(7-17(16)24-2)10-20-18(22)15-9-12-8-13(19)4-5-14(12)21-15/h3-9,21H,10H2,1-2H3,(H,20,22). The summed E-state index contributed by atoms with van der Waals surface area (Å²) in [6.07, 6.45) is 0. The number of rotatable bonds is 5. The van der Waals surface area contributed by atoms with Gasteiger partial charge < -0.3 is 19.8 Å². The molecule has 0 saturated heterocycles. The molecule has 3 rings (SSSR count).